The number of rotatable bonds is 4. The van der Waals surface area contributed by atoms with Gasteiger partial charge in [0.05, 0.1) is 15.7 Å². The number of likely N-dealkylation sites (N-methyl/N-ethyl adjacent to an activating group) is 1. The fourth-order valence-electron chi connectivity index (χ4n) is 4.99. The van der Waals surface area contributed by atoms with E-state index in [0.717, 1.165) is 25.3 Å². The van der Waals surface area contributed by atoms with Crippen LogP contribution in [0.25, 0.3) is 0 Å². The largest absolute Gasteiger partial charge is 0.455 e. The van der Waals surface area contributed by atoms with E-state index in [1.54, 1.807) is 18.2 Å². The number of hydrogen-bond acceptors (Lipinski definition) is 6. The van der Waals surface area contributed by atoms with Crippen LogP contribution < -0.4 is 15.0 Å². The molecule has 0 bridgehead atoms. The summed E-state index contributed by atoms with van der Waals surface area (Å²) in [6.07, 6.45) is 4.00. The molecule has 0 unspecified atom stereocenters. The van der Waals surface area contributed by atoms with Crippen LogP contribution in [-0.4, -0.2) is 40.6 Å². The number of benzene rings is 2. The van der Waals surface area contributed by atoms with E-state index in [2.05, 4.69) is 45.3 Å². The van der Waals surface area contributed by atoms with Crippen LogP contribution in [0.3, 0.4) is 0 Å². The highest BCUT2D eigenvalue weighted by molar-refractivity contribution is 6.40. The molecule has 3 aliphatic rings. The van der Waals surface area contributed by atoms with Crippen molar-refractivity contribution >= 4 is 46.4 Å². The van der Waals surface area contributed by atoms with Crippen molar-refractivity contribution in [1.29, 1.82) is 0 Å². The summed E-state index contributed by atoms with van der Waals surface area (Å²) < 4.78 is 5.79. The van der Waals surface area contributed by atoms with E-state index in [-0.39, 0.29) is 24.1 Å². The Morgan fingerprint density at radius 3 is 2.71 bits per heavy atom. The highest BCUT2D eigenvalue weighted by Gasteiger charge is 2.48. The van der Waals surface area contributed by atoms with Gasteiger partial charge in [-0.25, -0.2) is 4.98 Å². The molecule has 0 radical (unpaired) electrons. The number of nitrogens with one attached hydrogen (secondary N) is 1. The number of ether oxygens (including phenoxy) is 1. The maximum absolute atomic E-state index is 13.1. The van der Waals surface area contributed by atoms with E-state index < -0.39 is 0 Å². The molecule has 174 valence electrons. The molecule has 3 heterocycles. The van der Waals surface area contributed by atoms with E-state index >= 15 is 0 Å². The summed E-state index contributed by atoms with van der Waals surface area (Å²) in [7, 11) is 0. The molecule has 0 saturated heterocycles. The number of carbonyl (C=O) groups is 1. The minimum Gasteiger partial charge on any atom is -0.455 e. The summed E-state index contributed by atoms with van der Waals surface area (Å²) in [6.45, 7) is 5.32. The first kappa shape index (κ1) is 21.6. The van der Waals surface area contributed by atoms with E-state index in [4.69, 9.17) is 27.9 Å². The molecule has 34 heavy (non-hydrogen) atoms. The van der Waals surface area contributed by atoms with Crippen molar-refractivity contribution in [3.63, 3.8) is 0 Å². The maximum Gasteiger partial charge on any atom is 0.268 e. The summed E-state index contributed by atoms with van der Waals surface area (Å²) in [5.41, 5.74) is 4.75. The Morgan fingerprint density at radius 2 is 1.97 bits per heavy atom. The molecular formula is C25H23Cl2N5O2. The summed E-state index contributed by atoms with van der Waals surface area (Å²) in [6, 6.07) is 11.6. The lowest BCUT2D eigenvalue weighted by molar-refractivity contribution is 0.0932. The molecule has 6 rings (SSSR count). The van der Waals surface area contributed by atoms with Crippen LogP contribution in [0.5, 0.6) is 5.88 Å². The number of hydrogen-bond donors (Lipinski definition) is 1. The highest BCUT2D eigenvalue weighted by atomic mass is 35.5. The van der Waals surface area contributed by atoms with Gasteiger partial charge in [0.25, 0.3) is 5.91 Å². The molecule has 7 nitrogen and oxygen atoms in total. The number of para-hydroxylation sites is 1. The Balaban J connectivity index is 1.25. The van der Waals surface area contributed by atoms with Gasteiger partial charge in [0.1, 0.15) is 5.56 Å². The number of carbonyl (C=O) groups excluding carboxylic acids is 1. The van der Waals surface area contributed by atoms with Crippen molar-refractivity contribution in [2.45, 2.75) is 31.7 Å². The third-order valence-corrected chi connectivity index (χ3v) is 7.53. The van der Waals surface area contributed by atoms with Gasteiger partial charge in [0.15, 0.2) is 6.73 Å². The Hall–Kier alpha value is -2.87. The summed E-state index contributed by atoms with van der Waals surface area (Å²) in [5, 5.41) is 4.01. The summed E-state index contributed by atoms with van der Waals surface area (Å²) >= 11 is 12.6. The smallest absolute Gasteiger partial charge is 0.268 e. The average Bonchev–Trinajstić information content (AvgIpc) is 3.59. The van der Waals surface area contributed by atoms with Gasteiger partial charge in [-0.15, -0.1) is 0 Å². The molecule has 1 N–H and O–H groups in total. The van der Waals surface area contributed by atoms with Crippen molar-refractivity contribution < 1.29 is 9.53 Å². The topological polar surface area (TPSA) is 70.6 Å². The average molecular weight is 496 g/mol. The molecule has 1 spiro atoms. The number of nitrogens with zero attached hydrogens (tertiary/aromatic N) is 4. The Bertz CT molecular complexity index is 1290. The predicted octanol–water partition coefficient (Wildman–Crippen LogP) is 5.39. The quantitative estimate of drug-likeness (QED) is 0.522. The SMILES string of the molecule is CCN1Cc2cc(Nc3ncc4c(n3)OCN(c3c(Cl)cccc3Cl)C4=O)ccc2C2(CC2)C1. The minimum atomic E-state index is -0.314. The molecule has 1 aromatic heterocycles. The highest BCUT2D eigenvalue weighted by Crippen LogP contribution is 2.52. The van der Waals surface area contributed by atoms with Gasteiger partial charge in [-0.05, 0) is 54.8 Å². The van der Waals surface area contributed by atoms with E-state index in [9.17, 15) is 4.79 Å². The second-order valence-electron chi connectivity index (χ2n) is 9.07. The maximum atomic E-state index is 13.1. The zero-order valence-electron chi connectivity index (χ0n) is 18.6. The van der Waals surface area contributed by atoms with Gasteiger partial charge in [0.2, 0.25) is 11.8 Å². The van der Waals surface area contributed by atoms with E-state index in [1.165, 1.54) is 35.1 Å². The summed E-state index contributed by atoms with van der Waals surface area (Å²) in [5.74, 6) is 0.292. The van der Waals surface area contributed by atoms with Crippen LogP contribution in [0.2, 0.25) is 10.0 Å². The fraction of sp³-hybridized carbons (Fsp3) is 0.320. The lowest BCUT2D eigenvalue weighted by atomic mass is 9.86. The van der Waals surface area contributed by atoms with Crippen molar-refractivity contribution in [1.82, 2.24) is 14.9 Å². The number of halogens is 2. The minimum absolute atomic E-state index is 0.0421. The summed E-state index contributed by atoms with van der Waals surface area (Å²) in [4.78, 5) is 25.8. The fourth-order valence-corrected chi connectivity index (χ4v) is 5.59. The Kier molecular flexibility index (Phi) is 5.17. The third-order valence-electron chi connectivity index (χ3n) is 6.92. The molecule has 2 aromatic carbocycles. The van der Waals surface area contributed by atoms with Gasteiger partial charge in [-0.2, -0.15) is 4.98 Å². The van der Waals surface area contributed by atoms with Crippen molar-refractivity contribution in [2.24, 2.45) is 0 Å². The van der Waals surface area contributed by atoms with Crippen LogP contribution in [0, 0.1) is 0 Å². The third kappa shape index (κ3) is 3.59. The molecule has 1 aliphatic carbocycles. The predicted molar refractivity (Wildman–Crippen MR) is 132 cm³/mol. The van der Waals surface area contributed by atoms with Crippen LogP contribution in [0.4, 0.5) is 17.3 Å². The second-order valence-corrected chi connectivity index (χ2v) is 9.88. The van der Waals surface area contributed by atoms with Crippen LogP contribution in [0.15, 0.2) is 42.6 Å². The zero-order valence-corrected chi connectivity index (χ0v) is 20.2. The second kappa shape index (κ2) is 8.12. The number of anilines is 3. The molecule has 1 saturated carbocycles. The zero-order chi connectivity index (χ0) is 23.4. The number of aromatic nitrogens is 2. The van der Waals surface area contributed by atoms with Gasteiger partial charge in [0, 0.05) is 30.4 Å². The van der Waals surface area contributed by atoms with Crippen molar-refractivity contribution in [3.8, 4) is 5.88 Å². The van der Waals surface area contributed by atoms with E-state index in [1.807, 2.05) is 0 Å². The molecule has 9 heteroatoms. The first-order valence-corrected chi connectivity index (χ1v) is 12.1. The first-order chi connectivity index (χ1) is 16.5. The lowest BCUT2D eigenvalue weighted by Gasteiger charge is -2.34. The van der Waals surface area contributed by atoms with Crippen molar-refractivity contribution in [2.75, 3.05) is 30.0 Å². The molecular weight excluding hydrogens is 473 g/mol. The molecule has 3 aromatic rings. The van der Waals surface area contributed by atoms with Gasteiger partial charge in [-0.1, -0.05) is 42.3 Å². The van der Waals surface area contributed by atoms with E-state index in [0.29, 0.717) is 27.1 Å². The normalized spacial score (nSPS) is 18.3. The lowest BCUT2D eigenvalue weighted by Crippen LogP contribution is -2.39. The van der Waals surface area contributed by atoms with Gasteiger partial charge >= 0.3 is 0 Å². The molecule has 1 fully saturated rings. The van der Waals surface area contributed by atoms with Crippen LogP contribution >= 0.6 is 23.2 Å². The number of amides is 1. The first-order valence-electron chi connectivity index (χ1n) is 11.4. The van der Waals surface area contributed by atoms with Gasteiger partial charge < -0.3 is 10.1 Å². The Morgan fingerprint density at radius 1 is 1.18 bits per heavy atom. The van der Waals surface area contributed by atoms with Gasteiger partial charge in [-0.3, -0.25) is 14.6 Å². The Labute approximate surface area is 207 Å². The van der Waals surface area contributed by atoms with Crippen LogP contribution in [0.1, 0.15) is 41.3 Å². The standard InChI is InChI=1S/C25H23Cl2N5O2/c1-2-31-12-15-10-16(6-7-18(15)25(13-31)8-9-25)29-24-28-11-17-22(30-24)34-14-32(23(17)33)21-19(26)4-3-5-20(21)27/h3-7,10-11H,2,8-9,12-14H2,1H3,(H,28,29,30). The monoisotopic (exact) mass is 495 g/mol. The van der Waals surface area contributed by atoms with Crippen molar-refractivity contribution in [3.05, 3.63) is 69.3 Å². The van der Waals surface area contributed by atoms with Crippen LogP contribution in [-0.2, 0) is 12.0 Å². The molecule has 0 atom stereocenters. The molecule has 1 amide bonds. The number of fused-ring (bicyclic) bond motifs is 3. The molecule has 2 aliphatic heterocycles.